The lowest BCUT2D eigenvalue weighted by Crippen LogP contribution is -2.12. The van der Waals surface area contributed by atoms with Crippen molar-refractivity contribution in [2.75, 3.05) is 0 Å². The Morgan fingerprint density at radius 2 is 1.12 bits per heavy atom. The maximum Gasteiger partial charge on any atom is 0.0444 e. The average Bonchev–Trinajstić information content (AvgIpc) is 2.69. The molecule has 2 aliphatic carbocycles. The molecule has 0 atom stereocenters. The normalized spacial score (nSPS) is 19.9. The van der Waals surface area contributed by atoms with Crippen molar-refractivity contribution in [2.45, 2.75) is 83.0 Å². The number of aromatic nitrogens is 1. The third-order valence-electron chi connectivity index (χ3n) is 6.30. The molecule has 2 aromatic rings. The number of rotatable bonds is 3. The molecule has 2 saturated carbocycles. The van der Waals surface area contributed by atoms with E-state index in [1.54, 1.807) is 0 Å². The Hall–Kier alpha value is -1.63. The quantitative estimate of drug-likeness (QED) is 0.581. The highest BCUT2D eigenvalue weighted by atomic mass is 14.7. The number of pyridine rings is 1. The monoisotopic (exact) mass is 333 g/mol. The Morgan fingerprint density at radius 3 is 1.60 bits per heavy atom. The van der Waals surface area contributed by atoms with E-state index in [1.807, 2.05) is 0 Å². The lowest BCUT2D eigenvalue weighted by Gasteiger charge is -2.26. The highest BCUT2D eigenvalue weighted by molar-refractivity contribution is 5.65. The van der Waals surface area contributed by atoms with Gasteiger partial charge in [0.05, 0.1) is 0 Å². The first-order valence-corrected chi connectivity index (χ1v) is 10.4. The summed E-state index contributed by atoms with van der Waals surface area (Å²) in [6.45, 7) is 2.16. The standard InChI is InChI=1S/C24H31N/c1-18-12-14-19(15-13-18)22-16-23(20-8-4-2-5-9-20)25-24(17-22)21-10-6-3-7-11-21/h12-17,20-21H,2-11H2,1H3. The van der Waals surface area contributed by atoms with E-state index in [0.29, 0.717) is 11.8 Å². The summed E-state index contributed by atoms with van der Waals surface area (Å²) in [6.07, 6.45) is 13.6. The van der Waals surface area contributed by atoms with Gasteiger partial charge in [0.15, 0.2) is 0 Å². The molecule has 1 aromatic carbocycles. The molecular weight excluding hydrogens is 302 g/mol. The zero-order valence-electron chi connectivity index (χ0n) is 15.6. The predicted octanol–water partition coefficient (Wildman–Crippen LogP) is 7.15. The summed E-state index contributed by atoms with van der Waals surface area (Å²) >= 11 is 0. The maximum atomic E-state index is 5.22. The molecule has 0 aliphatic heterocycles. The fraction of sp³-hybridized carbons (Fsp3) is 0.542. The molecule has 1 aromatic heterocycles. The van der Waals surface area contributed by atoms with Gasteiger partial charge in [-0.1, -0.05) is 68.4 Å². The number of benzene rings is 1. The SMILES string of the molecule is Cc1ccc(-c2cc(C3CCCCC3)nc(C3CCCCC3)c2)cc1. The fourth-order valence-corrected chi connectivity index (χ4v) is 4.70. The molecule has 0 spiro atoms. The number of nitrogens with zero attached hydrogens (tertiary/aromatic N) is 1. The summed E-state index contributed by atoms with van der Waals surface area (Å²) < 4.78 is 0. The van der Waals surface area contributed by atoms with Gasteiger partial charge in [0.1, 0.15) is 0 Å². The van der Waals surface area contributed by atoms with Gasteiger partial charge in [0.2, 0.25) is 0 Å². The molecule has 0 N–H and O–H groups in total. The van der Waals surface area contributed by atoms with Crippen molar-refractivity contribution in [3.63, 3.8) is 0 Å². The van der Waals surface area contributed by atoms with Crippen LogP contribution in [0.4, 0.5) is 0 Å². The number of hydrogen-bond acceptors (Lipinski definition) is 1. The Balaban J connectivity index is 1.72. The molecule has 0 amide bonds. The van der Waals surface area contributed by atoms with Gasteiger partial charge in [-0.3, -0.25) is 4.98 Å². The Labute approximate surface area is 152 Å². The van der Waals surface area contributed by atoms with Crippen LogP contribution in [-0.4, -0.2) is 4.98 Å². The zero-order valence-corrected chi connectivity index (χ0v) is 15.6. The summed E-state index contributed by atoms with van der Waals surface area (Å²) in [4.78, 5) is 5.22. The summed E-state index contributed by atoms with van der Waals surface area (Å²) in [7, 11) is 0. The van der Waals surface area contributed by atoms with Crippen molar-refractivity contribution in [1.82, 2.24) is 4.98 Å². The van der Waals surface area contributed by atoms with E-state index in [9.17, 15) is 0 Å². The lowest BCUT2D eigenvalue weighted by atomic mass is 9.83. The first-order valence-electron chi connectivity index (χ1n) is 10.4. The second kappa shape index (κ2) is 7.72. The van der Waals surface area contributed by atoms with Gasteiger partial charge in [-0.05, 0) is 55.9 Å². The summed E-state index contributed by atoms with van der Waals surface area (Å²) in [5.41, 5.74) is 6.81. The Bertz CT molecular complexity index is 652. The third-order valence-corrected chi connectivity index (χ3v) is 6.30. The first kappa shape index (κ1) is 16.8. The zero-order chi connectivity index (χ0) is 17.1. The Kier molecular flexibility index (Phi) is 5.20. The van der Waals surface area contributed by atoms with Crippen LogP contribution in [0.15, 0.2) is 36.4 Å². The van der Waals surface area contributed by atoms with E-state index < -0.39 is 0 Å². The molecule has 0 unspecified atom stereocenters. The second-order valence-corrected chi connectivity index (χ2v) is 8.24. The molecule has 0 saturated heterocycles. The topological polar surface area (TPSA) is 12.9 Å². The van der Waals surface area contributed by atoms with Crippen molar-refractivity contribution in [1.29, 1.82) is 0 Å². The summed E-state index contributed by atoms with van der Waals surface area (Å²) in [5, 5.41) is 0. The molecule has 132 valence electrons. The highest BCUT2D eigenvalue weighted by Crippen LogP contribution is 2.37. The van der Waals surface area contributed by atoms with Crippen LogP contribution in [0.2, 0.25) is 0 Å². The third kappa shape index (κ3) is 3.97. The molecule has 1 heteroatoms. The summed E-state index contributed by atoms with van der Waals surface area (Å²) in [6, 6.07) is 13.8. The molecule has 25 heavy (non-hydrogen) atoms. The number of hydrogen-bond donors (Lipinski definition) is 0. The van der Waals surface area contributed by atoms with Crippen molar-refractivity contribution in [2.24, 2.45) is 0 Å². The highest BCUT2D eigenvalue weighted by Gasteiger charge is 2.22. The van der Waals surface area contributed by atoms with Crippen LogP contribution in [0.5, 0.6) is 0 Å². The minimum absolute atomic E-state index is 0.682. The lowest BCUT2D eigenvalue weighted by molar-refractivity contribution is 0.422. The van der Waals surface area contributed by atoms with Gasteiger partial charge in [0, 0.05) is 23.2 Å². The molecule has 1 heterocycles. The van der Waals surface area contributed by atoms with Gasteiger partial charge in [-0.25, -0.2) is 0 Å². The van der Waals surface area contributed by atoms with Gasteiger partial charge < -0.3 is 0 Å². The van der Waals surface area contributed by atoms with E-state index in [0.717, 1.165) is 0 Å². The van der Waals surface area contributed by atoms with Crippen LogP contribution in [0.25, 0.3) is 11.1 Å². The maximum absolute atomic E-state index is 5.22. The van der Waals surface area contributed by atoms with Crippen LogP contribution in [-0.2, 0) is 0 Å². The van der Waals surface area contributed by atoms with Crippen LogP contribution < -0.4 is 0 Å². The minimum Gasteiger partial charge on any atom is -0.257 e. The minimum atomic E-state index is 0.682. The first-order chi connectivity index (χ1) is 12.3. The van der Waals surface area contributed by atoms with E-state index >= 15 is 0 Å². The average molecular weight is 334 g/mol. The van der Waals surface area contributed by atoms with Crippen molar-refractivity contribution >= 4 is 0 Å². The largest absolute Gasteiger partial charge is 0.257 e. The molecular formula is C24H31N. The van der Waals surface area contributed by atoms with Crippen molar-refractivity contribution in [3.8, 4) is 11.1 Å². The molecule has 2 fully saturated rings. The van der Waals surface area contributed by atoms with Crippen LogP contribution in [0.3, 0.4) is 0 Å². The van der Waals surface area contributed by atoms with Crippen LogP contribution in [0, 0.1) is 6.92 Å². The molecule has 1 nitrogen and oxygen atoms in total. The van der Waals surface area contributed by atoms with E-state index in [4.69, 9.17) is 4.98 Å². The summed E-state index contributed by atoms with van der Waals surface area (Å²) in [5.74, 6) is 1.36. The Morgan fingerprint density at radius 1 is 0.640 bits per heavy atom. The molecule has 2 aliphatic rings. The molecule has 0 bridgehead atoms. The van der Waals surface area contributed by atoms with Gasteiger partial charge >= 0.3 is 0 Å². The van der Waals surface area contributed by atoms with Crippen molar-refractivity contribution in [3.05, 3.63) is 53.3 Å². The predicted molar refractivity (Wildman–Crippen MR) is 106 cm³/mol. The van der Waals surface area contributed by atoms with E-state index in [1.165, 1.54) is 92.3 Å². The smallest absolute Gasteiger partial charge is 0.0444 e. The van der Waals surface area contributed by atoms with Gasteiger partial charge in [0.25, 0.3) is 0 Å². The number of aryl methyl sites for hydroxylation is 1. The molecule has 4 rings (SSSR count). The van der Waals surface area contributed by atoms with E-state index in [-0.39, 0.29) is 0 Å². The van der Waals surface area contributed by atoms with E-state index in [2.05, 4.69) is 43.3 Å². The molecule has 0 radical (unpaired) electrons. The fourth-order valence-electron chi connectivity index (χ4n) is 4.70. The van der Waals surface area contributed by atoms with Crippen LogP contribution in [0.1, 0.15) is 93.0 Å². The van der Waals surface area contributed by atoms with Gasteiger partial charge in [-0.2, -0.15) is 0 Å². The van der Waals surface area contributed by atoms with Crippen LogP contribution >= 0.6 is 0 Å². The second-order valence-electron chi connectivity index (χ2n) is 8.24. The van der Waals surface area contributed by atoms with Gasteiger partial charge in [-0.15, -0.1) is 0 Å². The van der Waals surface area contributed by atoms with Crippen molar-refractivity contribution < 1.29 is 0 Å².